The maximum Gasteiger partial charge on any atom is 0.220 e. The Kier molecular flexibility index (Phi) is 5.22. The van der Waals surface area contributed by atoms with Crippen molar-refractivity contribution in [3.63, 3.8) is 0 Å². The van der Waals surface area contributed by atoms with Gasteiger partial charge in [-0.3, -0.25) is 9.69 Å². The van der Waals surface area contributed by atoms with Crippen molar-refractivity contribution in [3.8, 4) is 0 Å². The summed E-state index contributed by atoms with van der Waals surface area (Å²) in [6.45, 7) is 7.19. The zero-order valence-electron chi connectivity index (χ0n) is 12.4. The van der Waals surface area contributed by atoms with Gasteiger partial charge in [0.2, 0.25) is 5.91 Å². The first-order chi connectivity index (χ1) is 9.08. The normalized spacial score (nSPS) is 25.8. The van der Waals surface area contributed by atoms with Gasteiger partial charge in [0.15, 0.2) is 0 Å². The van der Waals surface area contributed by atoms with E-state index in [1.165, 1.54) is 12.8 Å². The molecule has 0 bridgehead atoms. The Bertz CT molecular complexity index is 302. The number of carbonyl (C=O) groups is 1. The highest BCUT2D eigenvalue weighted by molar-refractivity contribution is 5.76. The molecule has 2 unspecified atom stereocenters. The van der Waals surface area contributed by atoms with E-state index in [1.54, 1.807) is 0 Å². The minimum Gasteiger partial charge on any atom is -0.352 e. The molecule has 0 aromatic carbocycles. The lowest BCUT2D eigenvalue weighted by atomic mass is 9.94. The molecule has 0 spiro atoms. The fraction of sp³-hybridized carbons (Fsp3) is 0.933. The van der Waals surface area contributed by atoms with Gasteiger partial charge in [0, 0.05) is 31.6 Å². The molecule has 1 aliphatic carbocycles. The van der Waals surface area contributed by atoms with Crippen LogP contribution in [-0.2, 0) is 4.79 Å². The maximum absolute atomic E-state index is 12.1. The van der Waals surface area contributed by atoms with Crippen LogP contribution < -0.4 is 11.1 Å². The molecular weight excluding hydrogens is 238 g/mol. The Morgan fingerprint density at radius 3 is 2.68 bits per heavy atom. The Morgan fingerprint density at radius 2 is 2.11 bits per heavy atom. The van der Waals surface area contributed by atoms with Crippen LogP contribution in [-0.4, -0.2) is 42.5 Å². The van der Waals surface area contributed by atoms with Crippen molar-refractivity contribution in [1.82, 2.24) is 10.2 Å². The molecule has 1 amide bonds. The van der Waals surface area contributed by atoms with Gasteiger partial charge in [-0.1, -0.05) is 13.8 Å². The number of hydrogen-bond acceptors (Lipinski definition) is 3. The van der Waals surface area contributed by atoms with Gasteiger partial charge in [-0.05, 0) is 44.1 Å². The van der Waals surface area contributed by atoms with Crippen molar-refractivity contribution in [3.05, 3.63) is 0 Å². The van der Waals surface area contributed by atoms with Gasteiger partial charge in [0.05, 0.1) is 0 Å². The highest BCUT2D eigenvalue weighted by atomic mass is 16.1. The molecule has 4 nitrogen and oxygen atoms in total. The van der Waals surface area contributed by atoms with Gasteiger partial charge in [0.25, 0.3) is 0 Å². The SMILES string of the molecule is CC(C)CC(CN)CC(=O)NC1CCN(C2CC2)C1. The summed E-state index contributed by atoms with van der Waals surface area (Å²) in [5, 5.41) is 3.19. The summed E-state index contributed by atoms with van der Waals surface area (Å²) < 4.78 is 0. The smallest absolute Gasteiger partial charge is 0.220 e. The van der Waals surface area contributed by atoms with Crippen molar-refractivity contribution in [1.29, 1.82) is 0 Å². The fourth-order valence-corrected chi connectivity index (χ4v) is 3.15. The number of likely N-dealkylation sites (tertiary alicyclic amines) is 1. The minimum atomic E-state index is 0.193. The van der Waals surface area contributed by atoms with Crippen molar-refractivity contribution in [2.24, 2.45) is 17.6 Å². The minimum absolute atomic E-state index is 0.193. The molecule has 19 heavy (non-hydrogen) atoms. The van der Waals surface area contributed by atoms with Crippen LogP contribution in [0.4, 0.5) is 0 Å². The average Bonchev–Trinajstić information content (AvgIpc) is 3.09. The van der Waals surface area contributed by atoms with E-state index in [4.69, 9.17) is 5.73 Å². The number of amides is 1. The summed E-state index contributed by atoms with van der Waals surface area (Å²) in [6.07, 6.45) is 5.45. The second-order valence-electron chi connectivity index (χ2n) is 6.71. The second kappa shape index (κ2) is 6.71. The molecular formula is C15H29N3O. The summed E-state index contributed by atoms with van der Waals surface area (Å²) in [5.74, 6) is 1.14. The van der Waals surface area contributed by atoms with Crippen LogP contribution in [0.2, 0.25) is 0 Å². The number of nitrogens with two attached hydrogens (primary N) is 1. The first-order valence-electron chi connectivity index (χ1n) is 7.82. The maximum atomic E-state index is 12.1. The first-order valence-corrected chi connectivity index (χ1v) is 7.82. The number of rotatable bonds is 7. The highest BCUT2D eigenvalue weighted by Crippen LogP contribution is 2.29. The molecule has 2 atom stereocenters. The van der Waals surface area contributed by atoms with Crippen molar-refractivity contribution >= 4 is 5.91 Å². The van der Waals surface area contributed by atoms with Crippen LogP contribution in [0.5, 0.6) is 0 Å². The van der Waals surface area contributed by atoms with E-state index in [2.05, 4.69) is 24.1 Å². The van der Waals surface area contributed by atoms with E-state index >= 15 is 0 Å². The summed E-state index contributed by atoms with van der Waals surface area (Å²) in [5.41, 5.74) is 5.76. The van der Waals surface area contributed by atoms with E-state index in [0.717, 1.165) is 32.0 Å². The van der Waals surface area contributed by atoms with Gasteiger partial charge < -0.3 is 11.1 Å². The lowest BCUT2D eigenvalue weighted by molar-refractivity contribution is -0.122. The van der Waals surface area contributed by atoms with E-state index in [9.17, 15) is 4.79 Å². The number of nitrogens with zero attached hydrogens (tertiary/aromatic N) is 1. The van der Waals surface area contributed by atoms with Gasteiger partial charge in [0.1, 0.15) is 0 Å². The average molecular weight is 267 g/mol. The molecule has 110 valence electrons. The highest BCUT2D eigenvalue weighted by Gasteiger charge is 2.34. The Hall–Kier alpha value is -0.610. The number of carbonyl (C=O) groups excluding carboxylic acids is 1. The van der Waals surface area contributed by atoms with Crippen LogP contribution in [0.1, 0.15) is 46.0 Å². The second-order valence-corrected chi connectivity index (χ2v) is 6.71. The summed E-state index contributed by atoms with van der Waals surface area (Å²) in [6, 6.07) is 1.19. The van der Waals surface area contributed by atoms with Gasteiger partial charge in [-0.15, -0.1) is 0 Å². The molecule has 2 fully saturated rings. The molecule has 0 radical (unpaired) electrons. The Balaban J connectivity index is 1.68. The van der Waals surface area contributed by atoms with Crippen LogP contribution in [0.3, 0.4) is 0 Å². The number of nitrogens with one attached hydrogen (secondary N) is 1. The number of hydrogen-bond donors (Lipinski definition) is 2. The zero-order valence-corrected chi connectivity index (χ0v) is 12.4. The van der Waals surface area contributed by atoms with Crippen molar-refractivity contribution < 1.29 is 4.79 Å². The van der Waals surface area contributed by atoms with Crippen LogP contribution in [0.25, 0.3) is 0 Å². The predicted octanol–water partition coefficient (Wildman–Crippen LogP) is 1.35. The molecule has 1 aliphatic heterocycles. The van der Waals surface area contributed by atoms with E-state index < -0.39 is 0 Å². The van der Waals surface area contributed by atoms with Crippen LogP contribution in [0.15, 0.2) is 0 Å². The van der Waals surface area contributed by atoms with Crippen molar-refractivity contribution in [2.75, 3.05) is 19.6 Å². The molecule has 0 aromatic heterocycles. The predicted molar refractivity (Wildman–Crippen MR) is 77.8 cm³/mol. The molecule has 2 rings (SSSR count). The fourth-order valence-electron chi connectivity index (χ4n) is 3.15. The molecule has 4 heteroatoms. The quantitative estimate of drug-likeness (QED) is 0.732. The third kappa shape index (κ3) is 4.77. The molecule has 2 aliphatic rings. The summed E-state index contributed by atoms with van der Waals surface area (Å²) >= 11 is 0. The van der Waals surface area contributed by atoms with Gasteiger partial charge in [-0.25, -0.2) is 0 Å². The molecule has 1 saturated heterocycles. The first kappa shape index (κ1) is 14.8. The van der Waals surface area contributed by atoms with Crippen molar-refractivity contribution in [2.45, 2.75) is 58.0 Å². The zero-order chi connectivity index (χ0) is 13.8. The van der Waals surface area contributed by atoms with Crippen LogP contribution >= 0.6 is 0 Å². The van der Waals surface area contributed by atoms with E-state index in [1.807, 2.05) is 0 Å². The van der Waals surface area contributed by atoms with E-state index in [-0.39, 0.29) is 5.91 Å². The monoisotopic (exact) mass is 267 g/mol. The summed E-state index contributed by atoms with van der Waals surface area (Å²) in [4.78, 5) is 14.6. The molecule has 1 saturated carbocycles. The standard InChI is InChI=1S/C15H29N3O/c1-11(2)7-12(9-16)8-15(19)17-13-5-6-18(10-13)14-3-4-14/h11-14H,3-10,16H2,1-2H3,(H,17,19). The Morgan fingerprint density at radius 1 is 1.37 bits per heavy atom. The van der Waals surface area contributed by atoms with E-state index in [0.29, 0.717) is 30.8 Å². The summed E-state index contributed by atoms with van der Waals surface area (Å²) in [7, 11) is 0. The largest absolute Gasteiger partial charge is 0.352 e. The molecule has 3 N–H and O–H groups in total. The third-order valence-corrected chi connectivity index (χ3v) is 4.26. The third-order valence-electron chi connectivity index (χ3n) is 4.26. The lowest BCUT2D eigenvalue weighted by Gasteiger charge is -2.19. The Labute approximate surface area is 117 Å². The van der Waals surface area contributed by atoms with Gasteiger partial charge >= 0.3 is 0 Å². The lowest BCUT2D eigenvalue weighted by Crippen LogP contribution is -2.39. The topological polar surface area (TPSA) is 58.4 Å². The molecule has 1 heterocycles. The molecule has 0 aromatic rings. The van der Waals surface area contributed by atoms with Crippen LogP contribution in [0, 0.1) is 11.8 Å². The van der Waals surface area contributed by atoms with Gasteiger partial charge in [-0.2, -0.15) is 0 Å².